The number of benzene rings is 3. The van der Waals surface area contributed by atoms with E-state index in [0.717, 1.165) is 16.4 Å². The Labute approximate surface area is 140 Å². The van der Waals surface area contributed by atoms with Crippen molar-refractivity contribution >= 4 is 33.3 Å². The second-order valence-electron chi connectivity index (χ2n) is 5.55. The molecule has 0 unspecified atom stereocenters. The van der Waals surface area contributed by atoms with E-state index in [0.29, 0.717) is 11.3 Å². The predicted molar refractivity (Wildman–Crippen MR) is 91.8 cm³/mol. The molecule has 1 aromatic heterocycles. The van der Waals surface area contributed by atoms with Crippen molar-refractivity contribution in [2.75, 3.05) is 5.32 Å². The Balaban J connectivity index is 1.85. The Morgan fingerprint density at radius 2 is 1.24 bits per heavy atom. The van der Waals surface area contributed by atoms with Crippen LogP contribution in [0.25, 0.3) is 21.9 Å². The first kappa shape index (κ1) is 14.8. The molecule has 0 fully saturated rings. The number of phenols is 5. The Morgan fingerprint density at radius 1 is 0.640 bits per heavy atom. The van der Waals surface area contributed by atoms with Crippen LogP contribution in [0.4, 0.5) is 11.4 Å². The zero-order valence-electron chi connectivity index (χ0n) is 12.7. The van der Waals surface area contributed by atoms with E-state index < -0.39 is 28.7 Å². The topological polar surface area (TPSA) is 126 Å². The van der Waals surface area contributed by atoms with Gasteiger partial charge >= 0.3 is 0 Å². The Bertz CT molecular complexity index is 1100. The fraction of sp³-hybridized carbons (Fsp3) is 0. The van der Waals surface area contributed by atoms with E-state index in [-0.39, 0.29) is 5.69 Å². The summed E-state index contributed by atoms with van der Waals surface area (Å²) >= 11 is 0. The van der Waals surface area contributed by atoms with Gasteiger partial charge in [0.15, 0.2) is 11.5 Å². The molecule has 3 aromatic carbocycles. The quantitative estimate of drug-likeness (QED) is 0.242. The van der Waals surface area contributed by atoms with Gasteiger partial charge in [-0.15, -0.1) is 0 Å². The van der Waals surface area contributed by atoms with Gasteiger partial charge in [-0.25, -0.2) is 0 Å². The number of para-hydroxylation sites is 1. The molecular formula is C18H13NO6. The third kappa shape index (κ3) is 2.13. The maximum atomic E-state index is 9.93. The van der Waals surface area contributed by atoms with Crippen LogP contribution in [0.15, 0.2) is 46.9 Å². The third-order valence-corrected chi connectivity index (χ3v) is 4.02. The summed E-state index contributed by atoms with van der Waals surface area (Å²) in [4.78, 5) is 0. The fourth-order valence-electron chi connectivity index (χ4n) is 2.75. The lowest BCUT2D eigenvalue weighted by Gasteiger charge is -2.14. The highest BCUT2D eigenvalue weighted by atomic mass is 16.4. The average Bonchev–Trinajstić information content (AvgIpc) is 3.00. The summed E-state index contributed by atoms with van der Waals surface area (Å²) < 4.78 is 5.72. The lowest BCUT2D eigenvalue weighted by atomic mass is 10.1. The average molecular weight is 339 g/mol. The molecule has 0 amide bonds. The summed E-state index contributed by atoms with van der Waals surface area (Å²) in [5.74, 6) is -4.45. The smallest absolute Gasteiger partial charge is 0.208 e. The molecule has 7 heteroatoms. The molecular weight excluding hydrogens is 326 g/mol. The van der Waals surface area contributed by atoms with Crippen molar-refractivity contribution in [3.8, 4) is 28.7 Å². The summed E-state index contributed by atoms with van der Waals surface area (Å²) in [6.07, 6.45) is 0. The molecule has 0 aliphatic rings. The molecule has 1 heterocycles. The highest BCUT2D eigenvalue weighted by Crippen LogP contribution is 2.54. The molecule has 6 N–H and O–H groups in total. The number of hydrogen-bond donors (Lipinski definition) is 6. The van der Waals surface area contributed by atoms with Gasteiger partial charge in [0.05, 0.1) is 0 Å². The summed E-state index contributed by atoms with van der Waals surface area (Å²) in [5.41, 5.74) is 1.52. The second-order valence-corrected chi connectivity index (χ2v) is 5.55. The molecule has 0 spiro atoms. The van der Waals surface area contributed by atoms with Crippen LogP contribution in [0.1, 0.15) is 0 Å². The van der Waals surface area contributed by atoms with Crippen LogP contribution in [0.5, 0.6) is 28.7 Å². The van der Waals surface area contributed by atoms with E-state index in [9.17, 15) is 25.5 Å². The minimum absolute atomic E-state index is 0.333. The standard InChI is InChI=1S/C18H13NO6/c20-14-13(15(21)17(23)18(24)16(14)22)19-8-5-6-12-10(7-8)9-3-1-2-4-11(9)25-12/h1-7,19-24H. The van der Waals surface area contributed by atoms with Crippen molar-refractivity contribution in [2.24, 2.45) is 0 Å². The molecule has 25 heavy (non-hydrogen) atoms. The van der Waals surface area contributed by atoms with E-state index in [1.165, 1.54) is 0 Å². The summed E-state index contributed by atoms with van der Waals surface area (Å²) in [6.45, 7) is 0. The van der Waals surface area contributed by atoms with Crippen LogP contribution >= 0.6 is 0 Å². The number of rotatable bonds is 2. The van der Waals surface area contributed by atoms with Crippen molar-refractivity contribution < 1.29 is 29.9 Å². The van der Waals surface area contributed by atoms with Crippen LogP contribution in [-0.2, 0) is 0 Å². The van der Waals surface area contributed by atoms with E-state index in [1.807, 2.05) is 24.3 Å². The fourth-order valence-corrected chi connectivity index (χ4v) is 2.75. The SMILES string of the molecule is Oc1c(O)c(O)c(Nc2ccc3oc4ccccc4c3c2)c(O)c1O. The van der Waals surface area contributed by atoms with E-state index >= 15 is 0 Å². The molecule has 0 bridgehead atoms. The largest absolute Gasteiger partial charge is 0.503 e. The van der Waals surface area contributed by atoms with E-state index in [1.54, 1.807) is 18.2 Å². The minimum Gasteiger partial charge on any atom is -0.503 e. The monoisotopic (exact) mass is 339 g/mol. The number of furan rings is 1. The number of hydrogen-bond acceptors (Lipinski definition) is 7. The van der Waals surface area contributed by atoms with Gasteiger partial charge in [-0.1, -0.05) is 18.2 Å². The number of fused-ring (bicyclic) bond motifs is 3. The molecule has 0 saturated carbocycles. The highest BCUT2D eigenvalue weighted by molar-refractivity contribution is 6.06. The van der Waals surface area contributed by atoms with Crippen LogP contribution in [0.2, 0.25) is 0 Å². The Kier molecular flexibility index (Phi) is 3.04. The Morgan fingerprint density at radius 3 is 1.96 bits per heavy atom. The molecule has 0 aliphatic heterocycles. The molecule has 4 rings (SSSR count). The molecule has 4 aromatic rings. The van der Waals surface area contributed by atoms with E-state index in [4.69, 9.17) is 4.42 Å². The molecule has 0 aliphatic carbocycles. The van der Waals surface area contributed by atoms with Gasteiger partial charge in [-0.3, -0.25) is 0 Å². The molecule has 126 valence electrons. The zero-order valence-corrected chi connectivity index (χ0v) is 12.7. The third-order valence-electron chi connectivity index (χ3n) is 4.02. The van der Waals surface area contributed by atoms with E-state index in [2.05, 4.69) is 5.32 Å². The molecule has 0 atom stereocenters. The summed E-state index contributed by atoms with van der Waals surface area (Å²) in [5, 5.41) is 53.0. The number of phenolic OH excluding ortho intramolecular Hbond substituents is 5. The van der Waals surface area contributed by atoms with Crippen LogP contribution < -0.4 is 5.32 Å². The van der Waals surface area contributed by atoms with Gasteiger partial charge in [-0.2, -0.15) is 0 Å². The second kappa shape index (κ2) is 5.13. The van der Waals surface area contributed by atoms with Gasteiger partial charge < -0.3 is 35.3 Å². The lowest BCUT2D eigenvalue weighted by Crippen LogP contribution is -1.92. The molecule has 0 radical (unpaired) electrons. The number of nitrogens with one attached hydrogen (secondary N) is 1. The maximum Gasteiger partial charge on any atom is 0.208 e. The van der Waals surface area contributed by atoms with Crippen molar-refractivity contribution in [3.63, 3.8) is 0 Å². The Hall–Kier alpha value is -3.74. The molecule has 0 saturated heterocycles. The first-order valence-corrected chi connectivity index (χ1v) is 7.34. The van der Waals surface area contributed by atoms with Gasteiger partial charge in [0.2, 0.25) is 17.2 Å². The lowest BCUT2D eigenvalue weighted by molar-refractivity contribution is 0.330. The van der Waals surface area contributed by atoms with Crippen molar-refractivity contribution in [1.82, 2.24) is 0 Å². The highest BCUT2D eigenvalue weighted by Gasteiger charge is 2.23. The van der Waals surface area contributed by atoms with Crippen LogP contribution in [0.3, 0.4) is 0 Å². The van der Waals surface area contributed by atoms with Gasteiger partial charge in [0.25, 0.3) is 0 Å². The first-order chi connectivity index (χ1) is 12.0. The van der Waals surface area contributed by atoms with Crippen molar-refractivity contribution in [3.05, 3.63) is 42.5 Å². The number of aromatic hydroxyl groups is 5. The van der Waals surface area contributed by atoms with Gasteiger partial charge in [0.1, 0.15) is 16.9 Å². The zero-order chi connectivity index (χ0) is 17.7. The maximum absolute atomic E-state index is 9.93. The van der Waals surface area contributed by atoms with Crippen LogP contribution in [0, 0.1) is 0 Å². The molecule has 7 nitrogen and oxygen atoms in total. The van der Waals surface area contributed by atoms with Crippen LogP contribution in [-0.4, -0.2) is 25.5 Å². The number of anilines is 2. The normalized spacial score (nSPS) is 11.2. The predicted octanol–water partition coefficient (Wildman–Crippen LogP) is 3.86. The van der Waals surface area contributed by atoms with Gasteiger partial charge in [-0.05, 0) is 24.3 Å². The summed E-state index contributed by atoms with van der Waals surface area (Å²) in [6, 6.07) is 12.6. The van der Waals surface area contributed by atoms with Gasteiger partial charge in [0, 0.05) is 16.5 Å². The first-order valence-electron chi connectivity index (χ1n) is 7.34. The van der Waals surface area contributed by atoms with Crippen molar-refractivity contribution in [2.45, 2.75) is 0 Å². The minimum atomic E-state index is -1.00. The van der Waals surface area contributed by atoms with Crippen molar-refractivity contribution in [1.29, 1.82) is 0 Å². The summed E-state index contributed by atoms with van der Waals surface area (Å²) in [7, 11) is 0.